The lowest BCUT2D eigenvalue weighted by atomic mass is 10.3. The van der Waals surface area contributed by atoms with Crippen LogP contribution in [0.2, 0.25) is 0 Å². The maximum atomic E-state index is 2.28. The van der Waals surface area contributed by atoms with Crippen molar-refractivity contribution in [2.75, 3.05) is 42.3 Å². The molecule has 12 heavy (non-hydrogen) atoms. The van der Waals surface area contributed by atoms with Crippen molar-refractivity contribution in [2.24, 2.45) is 0 Å². The summed E-state index contributed by atoms with van der Waals surface area (Å²) in [4.78, 5) is 0. The zero-order valence-corrected chi connectivity index (χ0v) is 9.23. The van der Waals surface area contributed by atoms with Crippen molar-refractivity contribution in [3.05, 3.63) is 0 Å². The minimum atomic E-state index is 0. The highest BCUT2D eigenvalue weighted by Crippen LogP contribution is 2.10. The van der Waals surface area contributed by atoms with Gasteiger partial charge in [-0.1, -0.05) is 0 Å². The van der Waals surface area contributed by atoms with Gasteiger partial charge in [0.15, 0.2) is 0 Å². The van der Waals surface area contributed by atoms with E-state index >= 15 is 0 Å². The first-order valence-corrected chi connectivity index (χ1v) is 3.78. The fraction of sp³-hybridized carbons (Fsp3) is 1.00. The van der Waals surface area contributed by atoms with Gasteiger partial charge in [0.2, 0.25) is 6.17 Å². The second kappa shape index (κ2) is 4.72. The summed E-state index contributed by atoms with van der Waals surface area (Å²) >= 11 is 0. The van der Waals surface area contributed by atoms with Crippen LogP contribution in [0.3, 0.4) is 0 Å². The molecule has 0 unspecified atom stereocenters. The summed E-state index contributed by atoms with van der Waals surface area (Å²) in [5.74, 6) is 0. The number of hydrogen-bond donors (Lipinski definition) is 0. The molecule has 0 N–H and O–H groups in total. The summed E-state index contributed by atoms with van der Waals surface area (Å²) in [6, 6.07) is 0. The Bertz CT molecular complexity index is 99.2. The molecule has 0 atom stereocenters. The number of quaternary nitrogens is 2. The lowest BCUT2D eigenvalue weighted by molar-refractivity contribution is -1.09. The molecule has 0 aliphatic carbocycles. The molecular formula is C8H22F2N2. The van der Waals surface area contributed by atoms with E-state index in [0.717, 1.165) is 8.97 Å². The van der Waals surface area contributed by atoms with Crippen LogP contribution >= 0.6 is 0 Å². The molecule has 0 saturated heterocycles. The van der Waals surface area contributed by atoms with Crippen LogP contribution in [-0.2, 0) is 0 Å². The van der Waals surface area contributed by atoms with Gasteiger partial charge in [-0.3, -0.25) is 8.97 Å². The van der Waals surface area contributed by atoms with Gasteiger partial charge in [-0.25, -0.2) is 0 Å². The van der Waals surface area contributed by atoms with Crippen molar-refractivity contribution in [3.8, 4) is 0 Å². The lowest BCUT2D eigenvalue weighted by Crippen LogP contribution is -3.00. The Morgan fingerprint density at radius 2 is 0.833 bits per heavy atom. The van der Waals surface area contributed by atoms with E-state index in [1.54, 1.807) is 0 Å². The second-order valence-electron chi connectivity index (χ2n) is 4.86. The smallest absolute Gasteiger partial charge is 0.212 e. The molecule has 4 heteroatoms. The van der Waals surface area contributed by atoms with Crippen molar-refractivity contribution in [1.82, 2.24) is 0 Å². The third-order valence-corrected chi connectivity index (χ3v) is 2.24. The summed E-state index contributed by atoms with van der Waals surface area (Å²) in [6.07, 6.45) is 0.639. The SMILES string of the molecule is CC([N+](C)(C)C)[N+](C)(C)C.[F-].[F-]. The summed E-state index contributed by atoms with van der Waals surface area (Å²) in [7, 11) is 13.4. The molecular weight excluding hydrogens is 162 g/mol. The van der Waals surface area contributed by atoms with E-state index in [-0.39, 0.29) is 9.41 Å². The van der Waals surface area contributed by atoms with Crippen LogP contribution in [0, 0.1) is 0 Å². The molecule has 2 nitrogen and oxygen atoms in total. The van der Waals surface area contributed by atoms with Gasteiger partial charge in [0.1, 0.15) is 0 Å². The molecule has 0 rings (SSSR count). The van der Waals surface area contributed by atoms with Crippen molar-refractivity contribution in [3.63, 3.8) is 0 Å². The number of halogens is 2. The van der Waals surface area contributed by atoms with Crippen LogP contribution in [0.4, 0.5) is 0 Å². The Balaban J connectivity index is -0.000000405. The molecule has 0 aromatic carbocycles. The highest BCUT2D eigenvalue weighted by atomic mass is 19.0. The Morgan fingerprint density at radius 3 is 0.833 bits per heavy atom. The first-order valence-electron chi connectivity index (χ1n) is 3.78. The standard InChI is InChI=1S/C8H22N2.2FH/c1-8(9(2,3)4)10(5,6)7;;/h8H,1-7H3;2*1H/q+2;;/p-2. The van der Waals surface area contributed by atoms with E-state index in [9.17, 15) is 0 Å². The summed E-state index contributed by atoms with van der Waals surface area (Å²) in [5, 5.41) is 0. The zero-order valence-electron chi connectivity index (χ0n) is 9.23. The van der Waals surface area contributed by atoms with Crippen molar-refractivity contribution in [2.45, 2.75) is 13.1 Å². The molecule has 0 radical (unpaired) electrons. The van der Waals surface area contributed by atoms with Gasteiger partial charge in [-0.15, -0.1) is 0 Å². The molecule has 0 aliphatic heterocycles. The van der Waals surface area contributed by atoms with Gasteiger partial charge < -0.3 is 9.41 Å². The Kier molecular flexibility index (Phi) is 6.98. The molecule has 78 valence electrons. The molecule has 0 fully saturated rings. The average Bonchev–Trinajstić information content (AvgIpc) is 1.59. The first kappa shape index (κ1) is 17.8. The lowest BCUT2D eigenvalue weighted by Gasteiger charge is -2.40. The van der Waals surface area contributed by atoms with E-state index < -0.39 is 0 Å². The molecule has 0 heterocycles. The first-order chi connectivity index (χ1) is 4.15. The van der Waals surface area contributed by atoms with E-state index in [0.29, 0.717) is 6.17 Å². The highest BCUT2D eigenvalue weighted by molar-refractivity contribution is 4.28. The Hall–Kier alpha value is -0.220. The maximum absolute atomic E-state index is 2.28. The maximum Gasteiger partial charge on any atom is 0.212 e. The molecule has 0 spiro atoms. The van der Waals surface area contributed by atoms with Gasteiger partial charge in [0.05, 0.1) is 42.3 Å². The average molecular weight is 184 g/mol. The van der Waals surface area contributed by atoms with E-state index in [1.807, 2.05) is 0 Å². The molecule has 0 aliphatic rings. The number of rotatable bonds is 2. The minimum Gasteiger partial charge on any atom is -1.00 e. The van der Waals surface area contributed by atoms with Crippen LogP contribution in [0.1, 0.15) is 6.92 Å². The van der Waals surface area contributed by atoms with E-state index in [4.69, 9.17) is 0 Å². The summed E-state index contributed by atoms with van der Waals surface area (Å²) in [5.41, 5.74) is 0. The van der Waals surface area contributed by atoms with E-state index in [1.165, 1.54) is 0 Å². The minimum absolute atomic E-state index is 0. The zero-order chi connectivity index (χ0) is 8.58. The molecule has 0 bridgehead atoms. The quantitative estimate of drug-likeness (QED) is 0.297. The van der Waals surface area contributed by atoms with Crippen LogP contribution in [0.5, 0.6) is 0 Å². The Morgan fingerprint density at radius 1 is 0.667 bits per heavy atom. The van der Waals surface area contributed by atoms with Crippen molar-refractivity contribution >= 4 is 0 Å². The van der Waals surface area contributed by atoms with Crippen molar-refractivity contribution < 1.29 is 18.4 Å². The summed E-state index contributed by atoms with van der Waals surface area (Å²) in [6.45, 7) is 2.28. The largest absolute Gasteiger partial charge is 1.00 e. The fourth-order valence-corrected chi connectivity index (χ4v) is 1.04. The normalized spacial score (nSPS) is 12.0. The van der Waals surface area contributed by atoms with Gasteiger partial charge in [0, 0.05) is 6.92 Å². The predicted molar refractivity (Wildman–Crippen MR) is 45.5 cm³/mol. The highest BCUT2D eigenvalue weighted by Gasteiger charge is 2.30. The van der Waals surface area contributed by atoms with Gasteiger partial charge in [0.25, 0.3) is 0 Å². The van der Waals surface area contributed by atoms with Crippen LogP contribution in [0.15, 0.2) is 0 Å². The molecule has 0 aromatic rings. The van der Waals surface area contributed by atoms with E-state index in [2.05, 4.69) is 49.2 Å². The third-order valence-electron chi connectivity index (χ3n) is 2.24. The predicted octanol–water partition coefficient (Wildman–Crippen LogP) is -5.25. The van der Waals surface area contributed by atoms with Gasteiger partial charge in [-0.05, 0) is 0 Å². The third kappa shape index (κ3) is 5.43. The monoisotopic (exact) mass is 184 g/mol. The fourth-order valence-electron chi connectivity index (χ4n) is 1.04. The summed E-state index contributed by atoms with van der Waals surface area (Å²) < 4.78 is 2.03. The van der Waals surface area contributed by atoms with Gasteiger partial charge in [-0.2, -0.15) is 0 Å². The van der Waals surface area contributed by atoms with Crippen LogP contribution < -0.4 is 9.41 Å². The van der Waals surface area contributed by atoms with Gasteiger partial charge >= 0.3 is 0 Å². The molecule has 0 amide bonds. The second-order valence-corrected chi connectivity index (χ2v) is 4.86. The Labute approximate surface area is 74.7 Å². The van der Waals surface area contributed by atoms with Crippen LogP contribution in [0.25, 0.3) is 0 Å². The van der Waals surface area contributed by atoms with Crippen LogP contribution in [-0.4, -0.2) is 57.4 Å². The number of nitrogens with zero attached hydrogens (tertiary/aromatic N) is 2. The number of hydrogen-bond acceptors (Lipinski definition) is 0. The topological polar surface area (TPSA) is 0 Å². The van der Waals surface area contributed by atoms with Crippen molar-refractivity contribution in [1.29, 1.82) is 0 Å². The molecule has 0 aromatic heterocycles. The molecule has 0 saturated carbocycles.